The average Bonchev–Trinajstić information content (AvgIpc) is 2.98. The Kier molecular flexibility index (Phi) is 3.41. The smallest absolute Gasteiger partial charge is 0.227 e. The van der Waals surface area contributed by atoms with E-state index in [1.54, 1.807) is 17.0 Å². The summed E-state index contributed by atoms with van der Waals surface area (Å²) in [6.45, 7) is 0. The first-order valence-corrected chi connectivity index (χ1v) is 9.14. The van der Waals surface area contributed by atoms with Gasteiger partial charge in [-0.25, -0.2) is 0 Å². The van der Waals surface area contributed by atoms with Crippen LogP contribution < -0.4 is 4.90 Å². The van der Waals surface area contributed by atoms with Crippen molar-refractivity contribution in [2.75, 3.05) is 4.90 Å². The topological polar surface area (TPSA) is 37.4 Å². The summed E-state index contributed by atoms with van der Waals surface area (Å²) in [5, 5.41) is 2.69. The van der Waals surface area contributed by atoms with Crippen LogP contribution in [0.2, 0.25) is 5.02 Å². The maximum Gasteiger partial charge on any atom is 0.227 e. The fraction of sp³-hybridized carbons (Fsp3) is 0.182. The molecule has 1 heterocycles. The predicted octanol–water partition coefficient (Wildman–Crippen LogP) is 4.97. The van der Waals surface area contributed by atoms with Gasteiger partial charge in [-0.3, -0.25) is 9.59 Å². The van der Waals surface area contributed by atoms with E-state index in [2.05, 4.69) is 6.07 Å². The number of carbonyl (C=O) groups is 2. The van der Waals surface area contributed by atoms with Crippen LogP contribution in [0, 0.1) is 0 Å². The number of carbonyl (C=O) groups excluding carboxylic acids is 2. The lowest BCUT2D eigenvalue weighted by atomic mass is 9.77. The molecule has 3 aromatic carbocycles. The molecule has 0 radical (unpaired) electrons. The standard InChI is InChI=1S/C22H16ClNO2/c23-14-6-8-15(9-7-14)24-19-12-20(25)22-16-4-2-1-3-13(16)5-10-17(22)18(19)11-21(24)26/h1-10,18-19H,11-12H2/t18-,19-/m1/s1. The minimum absolute atomic E-state index is 0.0514. The highest BCUT2D eigenvalue weighted by Crippen LogP contribution is 2.45. The molecule has 1 aliphatic carbocycles. The first kappa shape index (κ1) is 15.6. The van der Waals surface area contributed by atoms with Crippen molar-refractivity contribution in [2.45, 2.75) is 24.8 Å². The van der Waals surface area contributed by atoms with E-state index in [0.29, 0.717) is 17.9 Å². The number of anilines is 1. The number of fused-ring (bicyclic) bond motifs is 5. The lowest BCUT2D eigenvalue weighted by Crippen LogP contribution is -2.39. The number of Topliss-reactive ketones (excluding diaryl/α,β-unsaturated/α-hetero) is 1. The van der Waals surface area contributed by atoms with Crippen LogP contribution in [0.15, 0.2) is 60.7 Å². The maximum atomic E-state index is 13.0. The molecule has 2 aliphatic rings. The molecular weight excluding hydrogens is 346 g/mol. The molecule has 2 atom stereocenters. The summed E-state index contributed by atoms with van der Waals surface area (Å²) < 4.78 is 0. The van der Waals surface area contributed by atoms with Crippen molar-refractivity contribution < 1.29 is 9.59 Å². The van der Waals surface area contributed by atoms with Gasteiger partial charge in [0, 0.05) is 35.0 Å². The van der Waals surface area contributed by atoms with Gasteiger partial charge in [0.15, 0.2) is 5.78 Å². The highest BCUT2D eigenvalue weighted by Gasteiger charge is 2.46. The van der Waals surface area contributed by atoms with Gasteiger partial charge in [-0.05, 0) is 40.6 Å². The molecule has 26 heavy (non-hydrogen) atoms. The van der Waals surface area contributed by atoms with E-state index in [4.69, 9.17) is 11.6 Å². The molecule has 1 amide bonds. The summed E-state index contributed by atoms with van der Waals surface area (Å²) in [5.41, 5.74) is 2.62. The van der Waals surface area contributed by atoms with Crippen molar-refractivity contribution in [1.82, 2.24) is 0 Å². The van der Waals surface area contributed by atoms with Crippen LogP contribution in [0.5, 0.6) is 0 Å². The number of hydrogen-bond acceptors (Lipinski definition) is 2. The van der Waals surface area contributed by atoms with E-state index >= 15 is 0 Å². The van der Waals surface area contributed by atoms with Crippen LogP contribution in [-0.4, -0.2) is 17.7 Å². The Morgan fingerprint density at radius 3 is 2.46 bits per heavy atom. The Morgan fingerprint density at radius 1 is 0.885 bits per heavy atom. The molecule has 0 bridgehead atoms. The molecule has 0 N–H and O–H groups in total. The summed E-state index contributed by atoms with van der Waals surface area (Å²) in [5.74, 6) is 0.235. The number of amides is 1. The number of rotatable bonds is 1. The van der Waals surface area contributed by atoms with Gasteiger partial charge in [-0.15, -0.1) is 0 Å². The average molecular weight is 362 g/mol. The van der Waals surface area contributed by atoms with Crippen LogP contribution in [0.1, 0.15) is 34.7 Å². The third kappa shape index (κ3) is 2.20. The molecular formula is C22H16ClNO2. The van der Waals surface area contributed by atoms with Crippen LogP contribution in [0.3, 0.4) is 0 Å². The van der Waals surface area contributed by atoms with E-state index in [0.717, 1.165) is 27.6 Å². The fourth-order valence-electron chi connectivity index (χ4n) is 4.48. The molecule has 5 rings (SSSR count). The van der Waals surface area contributed by atoms with Crippen molar-refractivity contribution >= 4 is 39.8 Å². The second-order valence-electron chi connectivity index (χ2n) is 7.00. The summed E-state index contributed by atoms with van der Waals surface area (Å²) in [4.78, 5) is 27.6. The van der Waals surface area contributed by atoms with E-state index in [-0.39, 0.29) is 23.7 Å². The zero-order chi connectivity index (χ0) is 17.8. The van der Waals surface area contributed by atoms with Crippen molar-refractivity contribution in [2.24, 2.45) is 0 Å². The predicted molar refractivity (Wildman–Crippen MR) is 103 cm³/mol. The number of ketones is 1. The van der Waals surface area contributed by atoms with Gasteiger partial charge in [0.2, 0.25) is 5.91 Å². The first-order chi connectivity index (χ1) is 12.6. The first-order valence-electron chi connectivity index (χ1n) is 8.76. The minimum atomic E-state index is -0.121. The Hall–Kier alpha value is -2.65. The summed E-state index contributed by atoms with van der Waals surface area (Å²) in [6.07, 6.45) is 0.798. The Morgan fingerprint density at radius 2 is 1.65 bits per heavy atom. The van der Waals surface area contributed by atoms with Crippen molar-refractivity contribution in [3.8, 4) is 0 Å². The number of halogens is 1. The van der Waals surface area contributed by atoms with Crippen LogP contribution >= 0.6 is 11.6 Å². The van der Waals surface area contributed by atoms with Gasteiger partial charge in [-0.1, -0.05) is 48.0 Å². The molecule has 3 nitrogen and oxygen atoms in total. The van der Waals surface area contributed by atoms with Crippen LogP contribution in [0.4, 0.5) is 5.69 Å². The monoisotopic (exact) mass is 361 g/mol. The SMILES string of the molecule is O=C1C[C@@H]2[C@H](CC(=O)N2c2ccc(Cl)cc2)c2ccc3ccccc3c21. The van der Waals surface area contributed by atoms with Crippen molar-refractivity contribution in [3.05, 3.63) is 76.8 Å². The molecule has 0 aromatic heterocycles. The summed E-state index contributed by atoms with van der Waals surface area (Å²) in [7, 11) is 0. The van der Waals surface area contributed by atoms with E-state index in [1.165, 1.54) is 0 Å². The summed E-state index contributed by atoms with van der Waals surface area (Å²) in [6, 6.07) is 19.2. The molecule has 0 spiro atoms. The molecule has 3 aromatic rings. The van der Waals surface area contributed by atoms with Gasteiger partial charge < -0.3 is 4.90 Å². The van der Waals surface area contributed by atoms with E-state index in [1.807, 2.05) is 42.5 Å². The number of benzene rings is 3. The summed E-state index contributed by atoms with van der Waals surface area (Å²) >= 11 is 5.98. The molecule has 4 heteroatoms. The van der Waals surface area contributed by atoms with Gasteiger partial charge in [-0.2, -0.15) is 0 Å². The third-order valence-corrected chi connectivity index (χ3v) is 5.85. The van der Waals surface area contributed by atoms with E-state index in [9.17, 15) is 9.59 Å². The van der Waals surface area contributed by atoms with Crippen LogP contribution in [-0.2, 0) is 4.79 Å². The van der Waals surface area contributed by atoms with Gasteiger partial charge >= 0.3 is 0 Å². The van der Waals surface area contributed by atoms with Gasteiger partial charge in [0.1, 0.15) is 0 Å². The number of nitrogens with zero attached hydrogens (tertiary/aromatic N) is 1. The zero-order valence-electron chi connectivity index (χ0n) is 14.0. The molecule has 1 aliphatic heterocycles. The lowest BCUT2D eigenvalue weighted by Gasteiger charge is -2.33. The van der Waals surface area contributed by atoms with Gasteiger partial charge in [0.05, 0.1) is 6.04 Å². The largest absolute Gasteiger partial charge is 0.308 e. The third-order valence-electron chi connectivity index (χ3n) is 5.60. The Bertz CT molecular complexity index is 1060. The van der Waals surface area contributed by atoms with E-state index < -0.39 is 0 Å². The van der Waals surface area contributed by atoms with Crippen molar-refractivity contribution in [1.29, 1.82) is 0 Å². The molecule has 1 fully saturated rings. The lowest BCUT2D eigenvalue weighted by molar-refractivity contribution is -0.117. The minimum Gasteiger partial charge on any atom is -0.308 e. The van der Waals surface area contributed by atoms with Crippen LogP contribution in [0.25, 0.3) is 10.8 Å². The zero-order valence-corrected chi connectivity index (χ0v) is 14.7. The number of hydrogen-bond donors (Lipinski definition) is 0. The Balaban J connectivity index is 1.64. The molecule has 0 saturated carbocycles. The highest BCUT2D eigenvalue weighted by molar-refractivity contribution is 6.30. The Labute approximate surface area is 156 Å². The molecule has 1 saturated heterocycles. The maximum absolute atomic E-state index is 13.0. The highest BCUT2D eigenvalue weighted by atomic mass is 35.5. The van der Waals surface area contributed by atoms with Crippen molar-refractivity contribution in [3.63, 3.8) is 0 Å². The normalized spacial score (nSPS) is 21.8. The fourth-order valence-corrected chi connectivity index (χ4v) is 4.60. The van der Waals surface area contributed by atoms with Gasteiger partial charge in [0.25, 0.3) is 0 Å². The second-order valence-corrected chi connectivity index (χ2v) is 7.43. The second kappa shape index (κ2) is 5.68. The quantitative estimate of drug-likeness (QED) is 0.613. The molecule has 0 unspecified atom stereocenters. The molecule has 128 valence electrons.